The van der Waals surface area contributed by atoms with Crippen molar-refractivity contribution >= 4 is 17.5 Å². The molecule has 0 bridgehead atoms. The van der Waals surface area contributed by atoms with Gasteiger partial charge in [0.15, 0.2) is 11.5 Å². The van der Waals surface area contributed by atoms with Crippen LogP contribution in [-0.4, -0.2) is 11.8 Å². The van der Waals surface area contributed by atoms with Gasteiger partial charge in [-0.1, -0.05) is 24.3 Å². The molecule has 2 N–H and O–H groups in total. The van der Waals surface area contributed by atoms with E-state index in [1.54, 1.807) is 30.3 Å². The third-order valence-corrected chi connectivity index (χ3v) is 4.69. The average molecular weight is 454 g/mol. The van der Waals surface area contributed by atoms with Crippen LogP contribution in [0.15, 0.2) is 87.9 Å². The van der Waals surface area contributed by atoms with Crippen molar-refractivity contribution in [1.29, 1.82) is 0 Å². The number of hydrogen-bond acceptors (Lipinski definition) is 4. The van der Waals surface area contributed by atoms with E-state index in [0.29, 0.717) is 11.3 Å². The SMILES string of the molecule is O=C(Nc1cccc(CNC(=O)c2ccc(-c3cccc(C(F)(F)F)c3)o2)c1)c1ccco1. The van der Waals surface area contributed by atoms with Crippen molar-refractivity contribution in [2.24, 2.45) is 0 Å². The van der Waals surface area contributed by atoms with E-state index < -0.39 is 23.6 Å². The van der Waals surface area contributed by atoms with Gasteiger partial charge in [-0.3, -0.25) is 9.59 Å². The molecule has 2 heterocycles. The molecule has 2 aromatic heterocycles. The van der Waals surface area contributed by atoms with Gasteiger partial charge in [-0.2, -0.15) is 13.2 Å². The number of rotatable bonds is 6. The molecule has 0 spiro atoms. The molecular formula is C24H17F3N2O4. The summed E-state index contributed by atoms with van der Waals surface area (Å²) >= 11 is 0. The normalized spacial score (nSPS) is 11.2. The lowest BCUT2D eigenvalue weighted by Gasteiger charge is -2.08. The Morgan fingerprint density at radius 1 is 0.848 bits per heavy atom. The van der Waals surface area contributed by atoms with Gasteiger partial charge in [0.2, 0.25) is 0 Å². The van der Waals surface area contributed by atoms with E-state index in [2.05, 4.69) is 10.6 Å². The fraction of sp³-hybridized carbons (Fsp3) is 0.0833. The zero-order chi connectivity index (χ0) is 23.4. The molecular weight excluding hydrogens is 437 g/mol. The molecule has 0 fully saturated rings. The van der Waals surface area contributed by atoms with Crippen molar-refractivity contribution in [2.45, 2.75) is 12.7 Å². The fourth-order valence-electron chi connectivity index (χ4n) is 3.09. The summed E-state index contributed by atoms with van der Waals surface area (Å²) in [4.78, 5) is 24.5. The van der Waals surface area contributed by atoms with Crippen molar-refractivity contribution < 1.29 is 31.6 Å². The Labute approximate surface area is 186 Å². The number of alkyl halides is 3. The molecule has 0 radical (unpaired) electrons. The number of carbonyl (C=O) groups is 2. The van der Waals surface area contributed by atoms with Gasteiger partial charge < -0.3 is 19.5 Å². The highest BCUT2D eigenvalue weighted by Crippen LogP contribution is 2.32. The molecule has 4 aromatic rings. The smallest absolute Gasteiger partial charge is 0.416 e. The van der Waals surface area contributed by atoms with Crippen LogP contribution in [0.3, 0.4) is 0 Å². The maximum Gasteiger partial charge on any atom is 0.416 e. The summed E-state index contributed by atoms with van der Waals surface area (Å²) in [6.07, 6.45) is -3.08. The van der Waals surface area contributed by atoms with Gasteiger partial charge in [0.25, 0.3) is 11.8 Å². The molecule has 168 valence electrons. The van der Waals surface area contributed by atoms with E-state index in [-0.39, 0.29) is 29.4 Å². The zero-order valence-corrected chi connectivity index (χ0v) is 17.0. The molecule has 0 aliphatic heterocycles. The largest absolute Gasteiger partial charge is 0.459 e. The minimum atomic E-state index is -4.48. The number of amides is 2. The lowest BCUT2D eigenvalue weighted by Crippen LogP contribution is -2.22. The van der Waals surface area contributed by atoms with Gasteiger partial charge in [0, 0.05) is 17.8 Å². The molecule has 33 heavy (non-hydrogen) atoms. The standard InChI is InChI=1S/C24H17F3N2O4/c25-24(26,27)17-6-2-5-16(13-17)19-9-10-21(33-19)22(30)28-14-15-4-1-7-18(12-15)29-23(31)20-8-3-11-32-20/h1-13H,14H2,(H,28,30)(H,29,31). The summed E-state index contributed by atoms with van der Waals surface area (Å²) in [6, 6.07) is 17.5. The first kappa shape index (κ1) is 21.9. The predicted octanol–water partition coefficient (Wildman–Crippen LogP) is 5.74. The number of hydrogen-bond donors (Lipinski definition) is 2. The van der Waals surface area contributed by atoms with Crippen molar-refractivity contribution in [1.82, 2.24) is 5.32 Å². The Morgan fingerprint density at radius 3 is 2.42 bits per heavy atom. The summed E-state index contributed by atoms with van der Waals surface area (Å²) in [5.41, 5.74) is 0.642. The van der Waals surface area contributed by atoms with Crippen molar-refractivity contribution in [3.05, 3.63) is 102 Å². The van der Waals surface area contributed by atoms with Crippen molar-refractivity contribution in [2.75, 3.05) is 5.32 Å². The molecule has 9 heteroatoms. The Hall–Kier alpha value is -4.27. The third kappa shape index (κ3) is 5.32. The topological polar surface area (TPSA) is 84.5 Å². The van der Waals surface area contributed by atoms with E-state index in [4.69, 9.17) is 8.83 Å². The van der Waals surface area contributed by atoms with E-state index in [1.165, 1.54) is 36.6 Å². The van der Waals surface area contributed by atoms with Crippen LogP contribution in [0.4, 0.5) is 18.9 Å². The molecule has 0 atom stereocenters. The Morgan fingerprint density at radius 2 is 1.67 bits per heavy atom. The first-order chi connectivity index (χ1) is 15.8. The van der Waals surface area contributed by atoms with Crippen molar-refractivity contribution in [3.63, 3.8) is 0 Å². The number of nitrogens with one attached hydrogen (secondary N) is 2. The molecule has 4 rings (SSSR count). The van der Waals surface area contributed by atoms with Gasteiger partial charge in [-0.15, -0.1) is 0 Å². The molecule has 2 amide bonds. The molecule has 0 saturated heterocycles. The average Bonchev–Trinajstić information content (AvgIpc) is 3.50. The van der Waals surface area contributed by atoms with E-state index >= 15 is 0 Å². The molecule has 0 aliphatic carbocycles. The highest BCUT2D eigenvalue weighted by Gasteiger charge is 2.30. The maximum atomic E-state index is 12.9. The number of anilines is 1. The Kier molecular flexibility index (Phi) is 6.03. The number of furan rings is 2. The van der Waals surface area contributed by atoms with Crippen LogP contribution in [0, 0.1) is 0 Å². The lowest BCUT2D eigenvalue weighted by atomic mass is 10.1. The monoisotopic (exact) mass is 454 g/mol. The van der Waals surface area contributed by atoms with Crippen LogP contribution in [0.25, 0.3) is 11.3 Å². The van der Waals surface area contributed by atoms with Crippen LogP contribution in [0.2, 0.25) is 0 Å². The second-order valence-electron chi connectivity index (χ2n) is 7.06. The molecule has 0 unspecified atom stereocenters. The summed E-state index contributed by atoms with van der Waals surface area (Å²) in [5, 5.41) is 5.38. The maximum absolute atomic E-state index is 12.9. The highest BCUT2D eigenvalue weighted by atomic mass is 19.4. The number of halogens is 3. The van der Waals surface area contributed by atoms with Crippen LogP contribution in [0.5, 0.6) is 0 Å². The molecule has 6 nitrogen and oxygen atoms in total. The summed E-state index contributed by atoms with van der Waals surface area (Å²) in [5.74, 6) is -0.654. The van der Waals surface area contributed by atoms with E-state index in [1.807, 2.05) is 0 Å². The summed E-state index contributed by atoms with van der Waals surface area (Å²) in [6.45, 7) is 0.142. The predicted molar refractivity (Wildman–Crippen MR) is 113 cm³/mol. The minimum absolute atomic E-state index is 0.0373. The number of benzene rings is 2. The highest BCUT2D eigenvalue weighted by molar-refractivity contribution is 6.02. The minimum Gasteiger partial charge on any atom is -0.459 e. The molecule has 0 aliphatic rings. The zero-order valence-electron chi connectivity index (χ0n) is 17.0. The summed E-state index contributed by atoms with van der Waals surface area (Å²) < 4.78 is 49.3. The van der Waals surface area contributed by atoms with Crippen LogP contribution in [-0.2, 0) is 12.7 Å². The number of carbonyl (C=O) groups excluding carboxylic acids is 2. The Balaban J connectivity index is 1.39. The van der Waals surface area contributed by atoms with Gasteiger partial charge >= 0.3 is 6.18 Å². The fourth-order valence-corrected chi connectivity index (χ4v) is 3.09. The van der Waals surface area contributed by atoms with E-state index in [9.17, 15) is 22.8 Å². The summed E-state index contributed by atoms with van der Waals surface area (Å²) in [7, 11) is 0. The van der Waals surface area contributed by atoms with Gasteiger partial charge in [0.05, 0.1) is 11.8 Å². The lowest BCUT2D eigenvalue weighted by molar-refractivity contribution is -0.137. The third-order valence-electron chi connectivity index (χ3n) is 4.69. The van der Waals surface area contributed by atoms with Gasteiger partial charge in [-0.05, 0) is 54.1 Å². The second-order valence-corrected chi connectivity index (χ2v) is 7.06. The van der Waals surface area contributed by atoms with E-state index in [0.717, 1.165) is 12.1 Å². The first-order valence-electron chi connectivity index (χ1n) is 9.79. The van der Waals surface area contributed by atoms with Crippen LogP contribution >= 0.6 is 0 Å². The quantitative estimate of drug-likeness (QED) is 0.389. The van der Waals surface area contributed by atoms with Gasteiger partial charge in [0.1, 0.15) is 5.76 Å². The molecule has 2 aromatic carbocycles. The van der Waals surface area contributed by atoms with Gasteiger partial charge in [-0.25, -0.2) is 0 Å². The van der Waals surface area contributed by atoms with Crippen molar-refractivity contribution in [3.8, 4) is 11.3 Å². The van der Waals surface area contributed by atoms with Crippen LogP contribution in [0.1, 0.15) is 32.2 Å². The second kappa shape index (κ2) is 9.07. The molecule has 0 saturated carbocycles. The first-order valence-corrected chi connectivity index (χ1v) is 9.79. The van der Waals surface area contributed by atoms with Crippen LogP contribution < -0.4 is 10.6 Å². The Bertz CT molecular complexity index is 1280.